The molecular formula is C10H13Cl2NO3. The monoisotopic (exact) mass is 265 g/mol. The van der Waals surface area contributed by atoms with Gasteiger partial charge >= 0.3 is 0 Å². The van der Waals surface area contributed by atoms with Gasteiger partial charge in [0, 0.05) is 19.0 Å². The number of alkyl halides is 1. The van der Waals surface area contributed by atoms with Crippen molar-refractivity contribution < 1.29 is 13.9 Å². The van der Waals surface area contributed by atoms with Gasteiger partial charge in [-0.1, -0.05) is 0 Å². The SMILES string of the molecule is O=C(NCCCOCCCl)c1ccoc1Cl. The molecule has 0 aromatic carbocycles. The van der Waals surface area contributed by atoms with Crippen LogP contribution in [0.3, 0.4) is 0 Å². The summed E-state index contributed by atoms with van der Waals surface area (Å²) in [6.45, 7) is 1.64. The van der Waals surface area contributed by atoms with Gasteiger partial charge < -0.3 is 14.5 Å². The molecule has 0 aliphatic rings. The van der Waals surface area contributed by atoms with Crippen molar-refractivity contribution in [2.45, 2.75) is 6.42 Å². The molecule has 6 heteroatoms. The first-order valence-corrected chi connectivity index (χ1v) is 5.82. The van der Waals surface area contributed by atoms with Crippen molar-refractivity contribution >= 4 is 29.1 Å². The maximum atomic E-state index is 11.5. The summed E-state index contributed by atoms with van der Waals surface area (Å²) < 4.78 is 9.96. The molecule has 0 aliphatic heterocycles. The molecule has 90 valence electrons. The summed E-state index contributed by atoms with van der Waals surface area (Å²) in [6, 6.07) is 1.53. The number of rotatable bonds is 7. The second-order valence-corrected chi connectivity index (χ2v) is 3.74. The lowest BCUT2D eigenvalue weighted by Gasteiger charge is -2.04. The Kier molecular flexibility index (Phi) is 6.30. The van der Waals surface area contributed by atoms with Crippen LogP contribution in [0.25, 0.3) is 0 Å². The van der Waals surface area contributed by atoms with Gasteiger partial charge in [-0.2, -0.15) is 0 Å². The predicted molar refractivity (Wildman–Crippen MR) is 62.2 cm³/mol. The Bertz CT molecular complexity index is 328. The zero-order valence-electron chi connectivity index (χ0n) is 8.67. The van der Waals surface area contributed by atoms with Gasteiger partial charge in [0.1, 0.15) is 0 Å². The van der Waals surface area contributed by atoms with Crippen LogP contribution in [0.1, 0.15) is 16.8 Å². The fourth-order valence-electron chi connectivity index (χ4n) is 1.08. The quantitative estimate of drug-likeness (QED) is 0.608. The Labute approximate surface area is 104 Å². The van der Waals surface area contributed by atoms with Crippen LogP contribution in [0.15, 0.2) is 16.7 Å². The molecule has 0 atom stereocenters. The molecule has 16 heavy (non-hydrogen) atoms. The van der Waals surface area contributed by atoms with Crippen LogP contribution in [-0.2, 0) is 4.74 Å². The first kappa shape index (κ1) is 13.4. The van der Waals surface area contributed by atoms with E-state index in [0.29, 0.717) is 31.2 Å². The van der Waals surface area contributed by atoms with E-state index in [1.807, 2.05) is 0 Å². The summed E-state index contributed by atoms with van der Waals surface area (Å²) in [5, 5.41) is 2.81. The molecule has 0 bridgehead atoms. The Balaban J connectivity index is 2.14. The molecule has 1 N–H and O–H groups in total. The molecule has 1 aromatic heterocycles. The number of amides is 1. The topological polar surface area (TPSA) is 51.5 Å². The van der Waals surface area contributed by atoms with E-state index >= 15 is 0 Å². The van der Waals surface area contributed by atoms with Gasteiger partial charge in [0.15, 0.2) is 0 Å². The fourth-order valence-corrected chi connectivity index (χ4v) is 1.39. The summed E-state index contributed by atoms with van der Waals surface area (Å²) in [7, 11) is 0. The third-order valence-corrected chi connectivity index (χ3v) is 2.28. The number of furan rings is 1. The summed E-state index contributed by atoms with van der Waals surface area (Å²) >= 11 is 11.1. The minimum atomic E-state index is -0.240. The minimum absolute atomic E-state index is 0.107. The van der Waals surface area contributed by atoms with E-state index in [9.17, 15) is 4.79 Å². The van der Waals surface area contributed by atoms with Crippen molar-refractivity contribution in [1.29, 1.82) is 0 Å². The van der Waals surface area contributed by atoms with E-state index in [0.717, 1.165) is 6.42 Å². The Hall–Kier alpha value is -0.710. The lowest BCUT2D eigenvalue weighted by atomic mass is 10.3. The van der Waals surface area contributed by atoms with Crippen LogP contribution >= 0.6 is 23.2 Å². The highest BCUT2D eigenvalue weighted by atomic mass is 35.5. The van der Waals surface area contributed by atoms with E-state index in [1.54, 1.807) is 0 Å². The Morgan fingerprint density at radius 1 is 1.50 bits per heavy atom. The summed E-state index contributed by atoms with van der Waals surface area (Å²) in [5.74, 6) is 0.243. The second-order valence-electron chi connectivity index (χ2n) is 3.02. The van der Waals surface area contributed by atoms with Gasteiger partial charge in [-0.3, -0.25) is 4.79 Å². The number of ether oxygens (including phenoxy) is 1. The molecule has 1 rings (SSSR count). The van der Waals surface area contributed by atoms with Crippen molar-refractivity contribution in [2.24, 2.45) is 0 Å². The van der Waals surface area contributed by atoms with E-state index in [2.05, 4.69) is 5.32 Å². The fraction of sp³-hybridized carbons (Fsp3) is 0.500. The smallest absolute Gasteiger partial charge is 0.256 e. The van der Waals surface area contributed by atoms with E-state index < -0.39 is 0 Å². The molecule has 1 heterocycles. The summed E-state index contributed by atoms with van der Waals surface area (Å²) in [6.07, 6.45) is 2.11. The zero-order valence-corrected chi connectivity index (χ0v) is 10.2. The lowest BCUT2D eigenvalue weighted by molar-refractivity contribution is 0.0944. The molecule has 0 spiro atoms. The number of carbonyl (C=O) groups excluding carboxylic acids is 1. The maximum absolute atomic E-state index is 11.5. The summed E-state index contributed by atoms with van der Waals surface area (Å²) in [4.78, 5) is 11.5. The standard InChI is InChI=1S/C10H13Cl2NO3/c11-3-7-15-5-1-4-13-10(14)8-2-6-16-9(8)12/h2,6H,1,3-5,7H2,(H,13,14). The van der Waals surface area contributed by atoms with Crippen LogP contribution in [-0.4, -0.2) is 31.5 Å². The first-order chi connectivity index (χ1) is 7.75. The zero-order chi connectivity index (χ0) is 11.8. The molecule has 0 saturated carbocycles. The Morgan fingerprint density at radius 2 is 2.31 bits per heavy atom. The first-order valence-electron chi connectivity index (χ1n) is 4.90. The highest BCUT2D eigenvalue weighted by Gasteiger charge is 2.11. The largest absolute Gasteiger partial charge is 0.452 e. The molecule has 0 saturated heterocycles. The van der Waals surface area contributed by atoms with Crippen molar-refractivity contribution in [3.63, 3.8) is 0 Å². The van der Waals surface area contributed by atoms with Gasteiger partial charge in [-0.15, -0.1) is 11.6 Å². The lowest BCUT2D eigenvalue weighted by Crippen LogP contribution is -2.25. The molecule has 0 fully saturated rings. The number of nitrogens with one attached hydrogen (secondary N) is 1. The number of hydrogen-bond donors (Lipinski definition) is 1. The van der Waals surface area contributed by atoms with Crippen LogP contribution in [0.4, 0.5) is 0 Å². The van der Waals surface area contributed by atoms with Crippen molar-refractivity contribution in [3.8, 4) is 0 Å². The van der Waals surface area contributed by atoms with Crippen LogP contribution in [0.2, 0.25) is 5.22 Å². The van der Waals surface area contributed by atoms with Gasteiger partial charge in [0.05, 0.1) is 18.4 Å². The number of halogens is 2. The van der Waals surface area contributed by atoms with E-state index in [-0.39, 0.29) is 11.1 Å². The molecule has 0 radical (unpaired) electrons. The molecule has 0 aliphatic carbocycles. The van der Waals surface area contributed by atoms with Gasteiger partial charge in [-0.05, 0) is 24.1 Å². The van der Waals surface area contributed by atoms with E-state index in [4.69, 9.17) is 32.4 Å². The third kappa shape index (κ3) is 4.43. The average molecular weight is 266 g/mol. The van der Waals surface area contributed by atoms with Gasteiger partial charge in [0.2, 0.25) is 5.22 Å². The molecule has 0 unspecified atom stereocenters. The van der Waals surface area contributed by atoms with E-state index in [1.165, 1.54) is 12.3 Å². The van der Waals surface area contributed by atoms with Crippen LogP contribution < -0.4 is 5.32 Å². The number of carbonyl (C=O) groups is 1. The molecule has 1 aromatic rings. The van der Waals surface area contributed by atoms with Crippen LogP contribution in [0, 0.1) is 0 Å². The molecule has 1 amide bonds. The third-order valence-electron chi connectivity index (χ3n) is 1.84. The van der Waals surface area contributed by atoms with Crippen molar-refractivity contribution in [2.75, 3.05) is 25.6 Å². The highest BCUT2D eigenvalue weighted by Crippen LogP contribution is 2.15. The normalized spacial score (nSPS) is 10.4. The van der Waals surface area contributed by atoms with Gasteiger partial charge in [-0.25, -0.2) is 0 Å². The van der Waals surface area contributed by atoms with Gasteiger partial charge in [0.25, 0.3) is 5.91 Å². The molecule has 4 nitrogen and oxygen atoms in total. The second kappa shape index (κ2) is 7.54. The van der Waals surface area contributed by atoms with Crippen molar-refractivity contribution in [1.82, 2.24) is 5.32 Å². The number of hydrogen-bond acceptors (Lipinski definition) is 3. The minimum Gasteiger partial charge on any atom is -0.452 e. The van der Waals surface area contributed by atoms with Crippen molar-refractivity contribution in [3.05, 3.63) is 23.1 Å². The maximum Gasteiger partial charge on any atom is 0.256 e. The predicted octanol–water partition coefficient (Wildman–Crippen LogP) is 2.31. The van der Waals surface area contributed by atoms with Crippen LogP contribution in [0.5, 0.6) is 0 Å². The highest BCUT2D eigenvalue weighted by molar-refractivity contribution is 6.32. The summed E-state index contributed by atoms with van der Waals surface area (Å²) in [5.41, 5.74) is 0.350. The molecular weight excluding hydrogens is 253 g/mol. The Morgan fingerprint density at radius 3 is 2.94 bits per heavy atom. The average Bonchev–Trinajstić information content (AvgIpc) is 2.69.